The van der Waals surface area contributed by atoms with Gasteiger partial charge >= 0.3 is 96.1 Å². The van der Waals surface area contributed by atoms with Gasteiger partial charge < -0.3 is 111 Å². The summed E-state index contributed by atoms with van der Waals surface area (Å²) in [6.45, 7) is 43.1. The van der Waals surface area contributed by atoms with Crippen molar-refractivity contribution < 1.29 is 149 Å². The summed E-state index contributed by atoms with van der Waals surface area (Å²) in [6, 6.07) is 35.8. The molecule has 6 rings (SSSR count). The van der Waals surface area contributed by atoms with Gasteiger partial charge in [0.1, 0.15) is 72.2 Å². The molecule has 0 aromatic heterocycles. The second-order valence-corrected chi connectivity index (χ2v) is 33.2. The second kappa shape index (κ2) is 82.8. The van der Waals surface area contributed by atoms with E-state index >= 15 is 0 Å². The number of hydrogen-bond donors (Lipinski definition) is 9. The molecule has 135 heavy (non-hydrogen) atoms. The van der Waals surface area contributed by atoms with E-state index in [-0.39, 0.29) is 123 Å². The third-order valence-corrected chi connectivity index (χ3v) is 17.4. The van der Waals surface area contributed by atoms with Gasteiger partial charge in [0.25, 0.3) is 0 Å². The van der Waals surface area contributed by atoms with E-state index in [0.717, 1.165) is 82.4 Å². The van der Waals surface area contributed by atoms with Gasteiger partial charge in [-0.05, 0) is 219 Å². The number of nitrogens with one attached hydrogen (secondary N) is 6. The van der Waals surface area contributed by atoms with Crippen LogP contribution in [0.4, 0.5) is 33.6 Å². The smallest absolute Gasteiger partial charge is 0.857 e. The maximum absolute atomic E-state index is 12.6. The van der Waals surface area contributed by atoms with Crippen LogP contribution in [-0.2, 0) is 103 Å². The monoisotopic (exact) mass is 1970 g/mol. The Bertz CT molecular complexity index is 3790. The normalized spacial score (nSPS) is 13.6. The minimum Gasteiger partial charge on any atom is -0.857 e. The predicted molar refractivity (Wildman–Crippen MR) is 519 cm³/mol. The number of carbonyl (C=O) groups is 12. The van der Waals surface area contributed by atoms with E-state index < -0.39 is 77.3 Å². The fourth-order valence-electron chi connectivity index (χ4n) is 10.5. The minimum atomic E-state index is -0.806. The molecule has 6 unspecified atom stereocenters. The third kappa shape index (κ3) is 72.6. The van der Waals surface area contributed by atoms with Crippen molar-refractivity contribution in [3.63, 3.8) is 0 Å². The first kappa shape index (κ1) is 134. The van der Waals surface area contributed by atoms with Crippen molar-refractivity contribution in [1.29, 1.82) is 0 Å². The van der Waals surface area contributed by atoms with Crippen molar-refractivity contribution in [3.8, 4) is 0 Å². The average Bonchev–Trinajstić information content (AvgIpc) is 1.00. The van der Waals surface area contributed by atoms with Gasteiger partial charge in [0.2, 0.25) is 5.91 Å². The maximum Gasteiger partial charge on any atom is 1.00 e. The van der Waals surface area contributed by atoms with Crippen LogP contribution in [0.5, 0.6) is 0 Å². The Kier molecular flexibility index (Phi) is 82.2. The molecule has 2 aliphatic heterocycles. The van der Waals surface area contributed by atoms with Gasteiger partial charge in [-0.3, -0.25) is 29.1 Å². The molecule has 4 aromatic rings. The van der Waals surface area contributed by atoms with Crippen LogP contribution >= 0.6 is 15.9 Å². The molecule has 8 amide bonds. The van der Waals surface area contributed by atoms with Gasteiger partial charge in [-0.1, -0.05) is 137 Å². The first-order valence-corrected chi connectivity index (χ1v) is 45.7. The van der Waals surface area contributed by atoms with Gasteiger partial charge in [0, 0.05) is 94.6 Å². The molecule has 0 spiro atoms. The average molecular weight is 1980 g/mol. The van der Waals surface area contributed by atoms with Crippen LogP contribution in [0.15, 0.2) is 121 Å². The molecule has 4 aromatic carbocycles. The van der Waals surface area contributed by atoms with Crippen LogP contribution < -0.4 is 78.0 Å². The Morgan fingerprint density at radius 1 is 0.489 bits per heavy atom. The minimum absolute atomic E-state index is 0. The standard InChI is InChI=1S/C21H32N2O6.C16H24N2O4.C14H18N2O3.C14H20N2O2.C13H26N2O4.C8H18N2O2.C5H9BrO2.CH4O.CH3O.B3.Na/c1-6-27-18(24)16(2)23(14-10-13-22-19(25)29-21(3,4)5)20(26)28-15-17-11-8-7-9-12-17;1-3-21-15(19)13(2)18(11-7-10-17)16(20)22-12-14-8-5-4-6-9-14;1-11-13(17)15-8-5-9-16(11)14(18)19-10-12-6-3-2-4-7-12;1-12-10-15-8-5-9-16(12)14(17)18-11-13-6-3-2-4-7-13;1-6-18-11(16)10(2)14-8-7-9-15-12(17)19-13(3,4)5;1-8(2,3)12-7(11)10-6-4-5-9;1-3-8-5(7)4(2)6;2*1-2;1-3-2;/h7-9,11-12,16H,6,10,13-15H2,1-5H3,(H,22,25);4-6,8-9,13H,3,7,10-12,17H2,1-2H3;2-4,6-7,11H,5,8-10H2,1H3,(H,15,17);2-4,6-7,12,15H,5,8-11H2,1H3;10,14H,6-9H2,1-5H3,(H,15,17);4-6,9H2,1-3H3,(H,10,11);4H,3H2,1-2H3;2H,1H3;1H3;;/q;;;;;;;;-1;;+1. The molecule has 2 fully saturated rings. The summed E-state index contributed by atoms with van der Waals surface area (Å²) < 4.78 is 55.9. The number of alkyl carbamates (subject to hydrolysis) is 3. The molecule has 0 saturated carbocycles. The van der Waals surface area contributed by atoms with Gasteiger partial charge in [-0.25, -0.2) is 43.2 Å². The van der Waals surface area contributed by atoms with E-state index in [0.29, 0.717) is 91.4 Å². The van der Waals surface area contributed by atoms with E-state index in [2.05, 4.69) is 68.0 Å². The third-order valence-electron chi connectivity index (χ3n) is 17.0. The number of nitrogens with zero attached hydrogens (tertiary/aromatic N) is 4. The van der Waals surface area contributed by atoms with Crippen LogP contribution in [0.1, 0.15) is 192 Å². The fraction of sp³-hybridized carbons (Fsp3) is 0.613. The number of esters is 4. The van der Waals surface area contributed by atoms with Crippen LogP contribution in [-0.4, -0.2) is 297 Å². The molecular formula is C93H154B3BrN12NaO25. The number of carbonyl (C=O) groups excluding carboxylic acids is 12. The van der Waals surface area contributed by atoms with Gasteiger partial charge in [-0.15, -0.1) is 0 Å². The van der Waals surface area contributed by atoms with E-state index in [9.17, 15) is 57.5 Å². The first-order valence-electron chi connectivity index (χ1n) is 44.8. The molecule has 42 heteroatoms. The summed E-state index contributed by atoms with van der Waals surface area (Å²) in [6.07, 6.45) is 1.07. The predicted octanol–water partition coefficient (Wildman–Crippen LogP) is 7.04. The Balaban J connectivity index is -0.000000491. The molecule has 37 nitrogen and oxygen atoms in total. The number of ether oxygens (including phenoxy) is 11. The van der Waals surface area contributed by atoms with Gasteiger partial charge in [0.05, 0.1) is 26.4 Å². The molecule has 11 N–H and O–H groups in total. The van der Waals surface area contributed by atoms with E-state index in [4.69, 9.17) is 69.0 Å². The quantitative estimate of drug-likeness (QED) is 0.00759. The van der Waals surface area contributed by atoms with Crippen molar-refractivity contribution in [2.24, 2.45) is 11.5 Å². The number of hydrogen-bond acceptors (Lipinski definition) is 29. The molecule has 5 radical (unpaired) electrons. The molecule has 0 bridgehead atoms. The Hall–Kier alpha value is -9.45. The Morgan fingerprint density at radius 3 is 1.16 bits per heavy atom. The van der Waals surface area contributed by atoms with Gasteiger partial charge in [0.15, 0.2) is 0 Å². The fourth-order valence-corrected chi connectivity index (χ4v) is 10.6. The summed E-state index contributed by atoms with van der Waals surface area (Å²) >= 11 is 3.07. The summed E-state index contributed by atoms with van der Waals surface area (Å²) in [5, 5.41) is 32.2. The summed E-state index contributed by atoms with van der Waals surface area (Å²) in [7, 11) is 11.8. The number of amides is 8. The Labute approximate surface area is 835 Å². The molecule has 0 aliphatic carbocycles. The summed E-state index contributed by atoms with van der Waals surface area (Å²) in [5.74, 6) is -1.55. The van der Waals surface area contributed by atoms with Crippen LogP contribution in [0.25, 0.3) is 0 Å². The van der Waals surface area contributed by atoms with E-state index in [1.165, 1.54) is 14.7 Å². The van der Waals surface area contributed by atoms with Crippen molar-refractivity contribution in [1.82, 2.24) is 51.5 Å². The number of rotatable bonds is 33. The van der Waals surface area contributed by atoms with E-state index in [1.807, 2.05) is 175 Å². The van der Waals surface area contributed by atoms with Crippen LogP contribution in [0.3, 0.4) is 0 Å². The molecule has 753 valence electrons. The van der Waals surface area contributed by atoms with Crippen LogP contribution in [0.2, 0.25) is 0 Å². The second-order valence-electron chi connectivity index (χ2n) is 31.8. The molecule has 2 heterocycles. The van der Waals surface area contributed by atoms with Crippen molar-refractivity contribution in [2.45, 2.75) is 248 Å². The number of aliphatic hydroxyl groups excluding tert-OH is 1. The SMILES string of the molecule is CC(C)(C)OC(=O)NCCCN.CC1C(=O)NCCCN1C(=O)OCc1ccccc1.CC1CNCCCN1C(=O)OCc1ccccc1.CCOC(=O)C(C)Br.CCOC(=O)C(C)N(CCCN)C(=O)OCc1ccccc1.CCOC(=O)C(C)N(CCCNC(=O)OC(C)(C)C)C(=O)OCc1ccccc1.CCOC(=O)C(C)NCCCNC(=O)OC(C)(C)C.CO.C[O-].[B][B][B].[Na+]. The molecular weight excluding hydrogens is 1820 g/mol. The zero-order chi connectivity index (χ0) is 102. The van der Waals surface area contributed by atoms with Crippen molar-refractivity contribution in [3.05, 3.63) is 144 Å². The maximum atomic E-state index is 12.6. The summed E-state index contributed by atoms with van der Waals surface area (Å²) in [4.78, 5) is 146. The molecule has 2 saturated heterocycles. The molecule has 2 aliphatic rings. The van der Waals surface area contributed by atoms with Crippen LogP contribution in [0, 0.1) is 0 Å². The van der Waals surface area contributed by atoms with Gasteiger partial charge in [-0.2, -0.15) is 7.11 Å². The van der Waals surface area contributed by atoms with Crippen molar-refractivity contribution in [2.75, 3.05) is 126 Å². The zero-order valence-corrected chi connectivity index (χ0v) is 87.5. The van der Waals surface area contributed by atoms with E-state index in [1.54, 1.807) is 83.1 Å². The number of nitrogens with two attached hydrogens (primary N) is 2. The number of aliphatic hydroxyl groups is 1. The van der Waals surface area contributed by atoms with Crippen molar-refractivity contribution >= 4 is 111 Å². The summed E-state index contributed by atoms with van der Waals surface area (Å²) in [5.41, 5.74) is 12.9. The largest absolute Gasteiger partial charge is 1.00 e. The number of halogens is 1. The Morgan fingerprint density at radius 2 is 0.807 bits per heavy atom. The topological polar surface area (TPSA) is 487 Å². The number of benzene rings is 4. The number of alkyl halides is 1. The molecule has 6 atom stereocenters. The zero-order valence-electron chi connectivity index (χ0n) is 83.9. The first-order chi connectivity index (χ1) is 63.5.